The first-order valence-electron chi connectivity index (χ1n) is 17.4. The van der Waals surface area contributed by atoms with E-state index >= 15 is 0 Å². The fraction of sp³-hybridized carbons (Fsp3) is 0.0889. The summed E-state index contributed by atoms with van der Waals surface area (Å²) >= 11 is 0. The molecule has 0 spiro atoms. The molecule has 2 unspecified atom stereocenters. The average Bonchev–Trinajstić information content (AvgIpc) is 3.70. The molecular formula is C45H35N5. The van der Waals surface area contributed by atoms with Crippen LogP contribution in [0.15, 0.2) is 174 Å². The van der Waals surface area contributed by atoms with Crippen molar-refractivity contribution in [3.63, 3.8) is 0 Å². The van der Waals surface area contributed by atoms with Gasteiger partial charge in [-0.3, -0.25) is 5.32 Å². The normalized spacial score (nSPS) is 17.7. The summed E-state index contributed by atoms with van der Waals surface area (Å²) < 4.78 is 4.81. The fourth-order valence-corrected chi connectivity index (χ4v) is 7.86. The lowest BCUT2D eigenvalue weighted by Gasteiger charge is -2.33. The Labute approximate surface area is 290 Å². The summed E-state index contributed by atoms with van der Waals surface area (Å²) in [5.74, 6) is 0.895. The zero-order valence-electron chi connectivity index (χ0n) is 27.5. The van der Waals surface area contributed by atoms with Gasteiger partial charge >= 0.3 is 0 Å². The molecule has 1 aliphatic carbocycles. The van der Waals surface area contributed by atoms with Crippen molar-refractivity contribution in [3.8, 4) is 11.4 Å². The predicted octanol–water partition coefficient (Wildman–Crippen LogP) is 10.1. The molecule has 1 aliphatic heterocycles. The molecule has 0 fully saturated rings. The van der Waals surface area contributed by atoms with Gasteiger partial charge in [0.05, 0.1) is 22.1 Å². The summed E-state index contributed by atoms with van der Waals surface area (Å²) in [6.07, 6.45) is 8.73. The Bertz CT molecular complexity index is 2640. The number of para-hydroxylation sites is 3. The number of amidine groups is 1. The number of benzene rings is 6. The van der Waals surface area contributed by atoms with E-state index in [9.17, 15) is 0 Å². The monoisotopic (exact) mass is 645 g/mol. The first kappa shape index (κ1) is 28.8. The van der Waals surface area contributed by atoms with Gasteiger partial charge in [-0.15, -0.1) is 0 Å². The Hall–Kier alpha value is -6.17. The number of allylic oxidation sites excluding steroid dienone is 2. The smallest absolute Gasteiger partial charge is 0.131 e. The summed E-state index contributed by atoms with van der Waals surface area (Å²) in [6, 6.07) is 52.4. The van der Waals surface area contributed by atoms with Crippen LogP contribution in [0.25, 0.3) is 55.0 Å². The van der Waals surface area contributed by atoms with Crippen molar-refractivity contribution in [1.82, 2.24) is 19.8 Å². The molecule has 6 aromatic carbocycles. The number of rotatable bonds is 5. The number of hydrogen-bond donors (Lipinski definition) is 2. The van der Waals surface area contributed by atoms with E-state index < -0.39 is 0 Å². The Morgan fingerprint density at radius 2 is 1.12 bits per heavy atom. The molecule has 2 N–H and O–H groups in total. The zero-order valence-corrected chi connectivity index (χ0v) is 27.5. The highest BCUT2D eigenvalue weighted by Gasteiger charge is 2.26. The minimum atomic E-state index is -0.120. The maximum Gasteiger partial charge on any atom is 0.131 e. The number of aliphatic imine (C=N–C) groups is 1. The third kappa shape index (κ3) is 4.70. The van der Waals surface area contributed by atoms with Gasteiger partial charge in [0.15, 0.2) is 0 Å². The molecule has 0 saturated carbocycles. The number of hydrogen-bond acceptors (Lipinski definition) is 3. The molecule has 5 nitrogen and oxygen atoms in total. The van der Waals surface area contributed by atoms with E-state index in [0.29, 0.717) is 0 Å². The average molecular weight is 646 g/mol. The van der Waals surface area contributed by atoms with Gasteiger partial charge in [0.25, 0.3) is 0 Å². The minimum Gasteiger partial charge on any atom is -0.350 e. The second kappa shape index (κ2) is 11.8. The molecule has 2 aliphatic rings. The summed E-state index contributed by atoms with van der Waals surface area (Å²) in [4.78, 5) is 5.20. The number of fused-ring (bicyclic) bond motifs is 6. The molecule has 0 saturated heterocycles. The molecule has 50 heavy (non-hydrogen) atoms. The molecule has 5 heteroatoms. The van der Waals surface area contributed by atoms with Gasteiger partial charge in [-0.1, -0.05) is 103 Å². The van der Waals surface area contributed by atoms with Gasteiger partial charge in [0, 0.05) is 38.5 Å². The van der Waals surface area contributed by atoms with Crippen LogP contribution in [-0.2, 0) is 0 Å². The lowest BCUT2D eigenvalue weighted by molar-refractivity contribution is 0.434. The Kier molecular flexibility index (Phi) is 6.78. The van der Waals surface area contributed by atoms with Crippen molar-refractivity contribution < 1.29 is 0 Å². The van der Waals surface area contributed by atoms with Crippen molar-refractivity contribution in [2.75, 3.05) is 0 Å². The van der Waals surface area contributed by atoms with Crippen molar-refractivity contribution >= 4 is 49.4 Å². The van der Waals surface area contributed by atoms with Gasteiger partial charge in [-0.2, -0.15) is 0 Å². The standard InChI is InChI=1S/C45H35N5/c1-4-14-30(15-5-1)43-46-44(31-16-6-2-7-17-31)48-45(47-43)32-24-26-34(27-25-32)50-40-23-13-11-21-36(40)38-28-41-37(29-42(38)50)35-20-10-12-22-39(35)49(41)33-18-8-3-9-19-33/h1,3-6,8-29,43-44,46H,2,7H2,(H,47,48). The number of nitrogens with one attached hydrogen (secondary N) is 2. The third-order valence-electron chi connectivity index (χ3n) is 10.2. The predicted molar refractivity (Wildman–Crippen MR) is 207 cm³/mol. The third-order valence-corrected chi connectivity index (χ3v) is 10.2. The molecule has 8 aromatic rings. The van der Waals surface area contributed by atoms with Crippen molar-refractivity contribution in [2.24, 2.45) is 4.99 Å². The van der Waals surface area contributed by atoms with Gasteiger partial charge in [0.2, 0.25) is 0 Å². The molecule has 0 amide bonds. The molecular weight excluding hydrogens is 611 g/mol. The Morgan fingerprint density at radius 1 is 0.540 bits per heavy atom. The Balaban J connectivity index is 1.11. The molecule has 0 radical (unpaired) electrons. The summed E-state index contributed by atoms with van der Waals surface area (Å²) in [6.45, 7) is 0. The van der Waals surface area contributed by atoms with E-state index in [1.807, 2.05) is 0 Å². The topological polar surface area (TPSA) is 46.3 Å². The van der Waals surface area contributed by atoms with E-state index in [1.54, 1.807) is 0 Å². The lowest BCUT2D eigenvalue weighted by Crippen LogP contribution is -2.49. The van der Waals surface area contributed by atoms with Crippen LogP contribution in [0, 0.1) is 0 Å². The molecule has 3 heterocycles. The first-order valence-corrected chi connectivity index (χ1v) is 17.4. The number of nitrogens with zero attached hydrogens (tertiary/aromatic N) is 3. The summed E-state index contributed by atoms with van der Waals surface area (Å²) in [5, 5.41) is 12.4. The van der Waals surface area contributed by atoms with Crippen LogP contribution in [0.2, 0.25) is 0 Å². The maximum absolute atomic E-state index is 5.20. The Morgan fingerprint density at radius 3 is 1.74 bits per heavy atom. The highest BCUT2D eigenvalue weighted by molar-refractivity contribution is 6.19. The quantitative estimate of drug-likeness (QED) is 0.196. The maximum atomic E-state index is 5.20. The van der Waals surface area contributed by atoms with Crippen molar-refractivity contribution in [2.45, 2.75) is 25.2 Å². The summed E-state index contributed by atoms with van der Waals surface area (Å²) in [5.41, 5.74) is 10.6. The second-order valence-electron chi connectivity index (χ2n) is 13.2. The van der Waals surface area contributed by atoms with E-state index in [0.717, 1.165) is 29.9 Å². The van der Waals surface area contributed by atoms with Gasteiger partial charge in [0.1, 0.15) is 18.2 Å². The summed E-state index contributed by atoms with van der Waals surface area (Å²) in [7, 11) is 0. The van der Waals surface area contributed by atoms with Crippen LogP contribution in [0.1, 0.15) is 30.1 Å². The molecule has 240 valence electrons. The second-order valence-corrected chi connectivity index (χ2v) is 13.2. The van der Waals surface area contributed by atoms with E-state index in [2.05, 4.69) is 184 Å². The van der Waals surface area contributed by atoms with E-state index in [4.69, 9.17) is 4.99 Å². The number of aromatic nitrogens is 2. The van der Waals surface area contributed by atoms with Gasteiger partial charge in [-0.05, 0) is 84.6 Å². The largest absolute Gasteiger partial charge is 0.350 e. The molecule has 0 bridgehead atoms. The molecule has 2 aromatic heterocycles. The SMILES string of the molecule is C1=CC(C2N=C(c3ccc(-n4c5ccccc5c5cc6c(cc54)c4ccccc4n6-c4ccccc4)cc3)NC(c3ccccc3)N2)=CCC1. The lowest BCUT2D eigenvalue weighted by atomic mass is 10.0. The zero-order chi connectivity index (χ0) is 33.0. The van der Waals surface area contributed by atoms with Crippen LogP contribution in [0.4, 0.5) is 0 Å². The van der Waals surface area contributed by atoms with Crippen LogP contribution >= 0.6 is 0 Å². The van der Waals surface area contributed by atoms with E-state index in [-0.39, 0.29) is 12.3 Å². The van der Waals surface area contributed by atoms with Crippen LogP contribution in [0.5, 0.6) is 0 Å². The van der Waals surface area contributed by atoms with Gasteiger partial charge < -0.3 is 14.5 Å². The minimum absolute atomic E-state index is 0.0534. The van der Waals surface area contributed by atoms with E-state index in [1.165, 1.54) is 60.4 Å². The highest BCUT2D eigenvalue weighted by Crippen LogP contribution is 2.39. The molecule has 2 atom stereocenters. The fourth-order valence-electron chi connectivity index (χ4n) is 7.86. The van der Waals surface area contributed by atoms with Gasteiger partial charge in [-0.25, -0.2) is 4.99 Å². The highest BCUT2D eigenvalue weighted by atomic mass is 15.3. The van der Waals surface area contributed by atoms with Crippen molar-refractivity contribution in [1.29, 1.82) is 0 Å². The van der Waals surface area contributed by atoms with Crippen LogP contribution in [0.3, 0.4) is 0 Å². The molecule has 10 rings (SSSR count). The first-order chi connectivity index (χ1) is 24.8. The van der Waals surface area contributed by atoms with Crippen molar-refractivity contribution in [3.05, 3.63) is 181 Å². The van der Waals surface area contributed by atoms with Crippen LogP contribution in [-0.4, -0.2) is 21.1 Å². The van der Waals surface area contributed by atoms with Crippen LogP contribution < -0.4 is 10.6 Å².